The number of aliphatic hydroxyl groups excluding tert-OH is 1. The monoisotopic (exact) mass is 344 g/mol. The number of thiazole rings is 1. The molecule has 1 amide bonds. The maximum atomic E-state index is 13.6. The standard InChI is InChI=1S/C16H13FN4O2S/c17-11-5-2-1-4-10(11)13(22)8-20-15(23)12-9-24-16(21-12)14-18-6-3-7-19-14/h1-7,9,13,22H,8H2,(H,20,23). The van der Waals surface area contributed by atoms with E-state index in [0.29, 0.717) is 10.8 Å². The minimum Gasteiger partial charge on any atom is -0.386 e. The molecule has 1 unspecified atom stereocenters. The molecular formula is C16H13FN4O2S. The van der Waals surface area contributed by atoms with E-state index in [1.54, 1.807) is 29.9 Å². The highest BCUT2D eigenvalue weighted by Crippen LogP contribution is 2.20. The third-order valence-corrected chi connectivity index (χ3v) is 4.05. The van der Waals surface area contributed by atoms with E-state index >= 15 is 0 Å². The van der Waals surface area contributed by atoms with E-state index in [1.807, 2.05) is 0 Å². The molecule has 1 aromatic carbocycles. The van der Waals surface area contributed by atoms with E-state index in [2.05, 4.69) is 20.3 Å². The second kappa shape index (κ2) is 7.24. The number of hydrogen-bond donors (Lipinski definition) is 2. The molecule has 2 heterocycles. The molecule has 0 aliphatic rings. The fourth-order valence-corrected chi connectivity index (χ4v) is 2.77. The summed E-state index contributed by atoms with van der Waals surface area (Å²) in [5, 5.41) is 14.6. The summed E-state index contributed by atoms with van der Waals surface area (Å²) in [5.41, 5.74) is 0.331. The van der Waals surface area contributed by atoms with Gasteiger partial charge in [0.2, 0.25) is 0 Å². The molecule has 24 heavy (non-hydrogen) atoms. The number of benzene rings is 1. The van der Waals surface area contributed by atoms with Crippen LogP contribution in [0.2, 0.25) is 0 Å². The highest BCUT2D eigenvalue weighted by Gasteiger charge is 2.16. The van der Waals surface area contributed by atoms with Gasteiger partial charge in [-0.15, -0.1) is 11.3 Å². The number of carbonyl (C=O) groups excluding carboxylic acids is 1. The van der Waals surface area contributed by atoms with Crippen molar-refractivity contribution in [3.05, 3.63) is 65.2 Å². The lowest BCUT2D eigenvalue weighted by Gasteiger charge is -2.12. The predicted octanol–water partition coefficient (Wildman–Crippen LogP) is 2.20. The SMILES string of the molecule is O=C(NCC(O)c1ccccc1F)c1csc(-c2ncccn2)n1. The van der Waals surface area contributed by atoms with Crippen molar-refractivity contribution in [3.8, 4) is 10.8 Å². The summed E-state index contributed by atoms with van der Waals surface area (Å²) in [4.78, 5) is 24.4. The minimum absolute atomic E-state index is 0.117. The predicted molar refractivity (Wildman–Crippen MR) is 86.8 cm³/mol. The van der Waals surface area contributed by atoms with Crippen LogP contribution in [0.1, 0.15) is 22.2 Å². The van der Waals surface area contributed by atoms with Crippen molar-refractivity contribution in [1.82, 2.24) is 20.3 Å². The van der Waals surface area contributed by atoms with E-state index in [4.69, 9.17) is 0 Å². The van der Waals surface area contributed by atoms with Crippen molar-refractivity contribution in [1.29, 1.82) is 0 Å². The van der Waals surface area contributed by atoms with Crippen molar-refractivity contribution >= 4 is 17.2 Å². The normalized spacial score (nSPS) is 11.9. The summed E-state index contributed by atoms with van der Waals surface area (Å²) in [6.45, 7) is -0.117. The van der Waals surface area contributed by atoms with Crippen LogP contribution in [0.15, 0.2) is 48.1 Å². The Balaban J connectivity index is 1.64. The van der Waals surface area contributed by atoms with Crippen molar-refractivity contribution in [2.75, 3.05) is 6.54 Å². The topological polar surface area (TPSA) is 88.0 Å². The molecular weight excluding hydrogens is 331 g/mol. The molecule has 3 aromatic rings. The van der Waals surface area contributed by atoms with Crippen LogP contribution in [0.3, 0.4) is 0 Å². The molecule has 0 aliphatic carbocycles. The van der Waals surface area contributed by atoms with Crippen molar-refractivity contribution in [2.24, 2.45) is 0 Å². The van der Waals surface area contributed by atoms with Gasteiger partial charge in [-0.1, -0.05) is 18.2 Å². The molecule has 3 rings (SSSR count). The number of aromatic nitrogens is 3. The van der Waals surface area contributed by atoms with E-state index in [0.717, 1.165) is 0 Å². The largest absolute Gasteiger partial charge is 0.386 e. The van der Waals surface area contributed by atoms with Crippen LogP contribution in [-0.2, 0) is 0 Å². The number of halogens is 1. The van der Waals surface area contributed by atoms with E-state index in [-0.39, 0.29) is 17.8 Å². The zero-order valence-electron chi connectivity index (χ0n) is 12.4. The fraction of sp³-hybridized carbons (Fsp3) is 0.125. The van der Waals surface area contributed by atoms with Crippen LogP contribution in [0.25, 0.3) is 10.8 Å². The van der Waals surface area contributed by atoms with Crippen LogP contribution in [0.4, 0.5) is 4.39 Å². The Bertz CT molecular complexity index is 841. The number of nitrogens with one attached hydrogen (secondary N) is 1. The summed E-state index contributed by atoms with van der Waals surface area (Å²) in [5.74, 6) is -0.534. The van der Waals surface area contributed by atoms with Gasteiger partial charge in [-0.05, 0) is 12.1 Å². The van der Waals surface area contributed by atoms with Crippen molar-refractivity contribution < 1.29 is 14.3 Å². The van der Waals surface area contributed by atoms with Crippen molar-refractivity contribution in [2.45, 2.75) is 6.10 Å². The third kappa shape index (κ3) is 3.61. The quantitative estimate of drug-likeness (QED) is 0.741. The lowest BCUT2D eigenvalue weighted by molar-refractivity contribution is 0.0910. The van der Waals surface area contributed by atoms with Gasteiger partial charge in [-0.3, -0.25) is 4.79 Å². The number of amides is 1. The summed E-state index contributed by atoms with van der Waals surface area (Å²) < 4.78 is 13.6. The summed E-state index contributed by atoms with van der Waals surface area (Å²) in [6.07, 6.45) is 2.05. The Labute approximate surface area is 141 Å². The Hall–Kier alpha value is -2.71. The van der Waals surface area contributed by atoms with E-state index < -0.39 is 17.8 Å². The molecule has 2 N–H and O–H groups in total. The van der Waals surface area contributed by atoms with Crippen LogP contribution in [0, 0.1) is 5.82 Å². The van der Waals surface area contributed by atoms with Gasteiger partial charge >= 0.3 is 0 Å². The smallest absolute Gasteiger partial charge is 0.270 e. The van der Waals surface area contributed by atoms with E-state index in [1.165, 1.54) is 29.5 Å². The maximum absolute atomic E-state index is 13.6. The highest BCUT2D eigenvalue weighted by atomic mass is 32.1. The molecule has 122 valence electrons. The average Bonchev–Trinajstić information content (AvgIpc) is 3.11. The number of nitrogens with zero attached hydrogens (tertiary/aromatic N) is 3. The zero-order chi connectivity index (χ0) is 16.9. The van der Waals surface area contributed by atoms with Crippen molar-refractivity contribution in [3.63, 3.8) is 0 Å². The van der Waals surface area contributed by atoms with Crippen LogP contribution < -0.4 is 5.32 Å². The molecule has 0 bridgehead atoms. The molecule has 0 aliphatic heterocycles. The molecule has 0 fully saturated rings. The van der Waals surface area contributed by atoms with Crippen LogP contribution in [0.5, 0.6) is 0 Å². The Kier molecular flexibility index (Phi) is 4.88. The van der Waals surface area contributed by atoms with Gasteiger partial charge in [-0.25, -0.2) is 19.3 Å². The highest BCUT2D eigenvalue weighted by molar-refractivity contribution is 7.13. The Morgan fingerprint density at radius 1 is 1.25 bits per heavy atom. The second-order valence-electron chi connectivity index (χ2n) is 4.86. The zero-order valence-corrected chi connectivity index (χ0v) is 13.2. The first kappa shape index (κ1) is 16.2. The minimum atomic E-state index is -1.13. The second-order valence-corrected chi connectivity index (χ2v) is 5.72. The van der Waals surface area contributed by atoms with Gasteiger partial charge < -0.3 is 10.4 Å². The molecule has 1 atom stereocenters. The molecule has 8 heteroatoms. The maximum Gasteiger partial charge on any atom is 0.270 e. The van der Waals surface area contributed by atoms with E-state index in [9.17, 15) is 14.3 Å². The lowest BCUT2D eigenvalue weighted by Crippen LogP contribution is -2.28. The van der Waals surface area contributed by atoms with Gasteiger partial charge in [0.05, 0.1) is 6.10 Å². The molecule has 0 saturated carbocycles. The first-order valence-corrected chi connectivity index (χ1v) is 7.96. The van der Waals surface area contributed by atoms with Gasteiger partial charge in [0.15, 0.2) is 10.8 Å². The average molecular weight is 344 g/mol. The first-order chi connectivity index (χ1) is 11.6. The first-order valence-electron chi connectivity index (χ1n) is 7.09. The molecule has 6 nitrogen and oxygen atoms in total. The third-order valence-electron chi connectivity index (χ3n) is 3.21. The number of aliphatic hydroxyl groups is 1. The van der Waals surface area contributed by atoms with Gasteiger partial charge in [-0.2, -0.15) is 0 Å². The number of carbonyl (C=O) groups is 1. The summed E-state index contributed by atoms with van der Waals surface area (Å²) in [6, 6.07) is 7.57. The summed E-state index contributed by atoms with van der Waals surface area (Å²) >= 11 is 1.24. The fourth-order valence-electron chi connectivity index (χ4n) is 2.03. The van der Waals surface area contributed by atoms with Gasteiger partial charge in [0, 0.05) is 29.9 Å². The molecule has 0 saturated heterocycles. The number of rotatable bonds is 5. The van der Waals surface area contributed by atoms with Gasteiger partial charge in [0.25, 0.3) is 5.91 Å². The van der Waals surface area contributed by atoms with Crippen LogP contribution in [-0.4, -0.2) is 32.5 Å². The Morgan fingerprint density at radius 2 is 2.00 bits per heavy atom. The summed E-state index contributed by atoms with van der Waals surface area (Å²) in [7, 11) is 0. The number of hydrogen-bond acceptors (Lipinski definition) is 6. The molecule has 2 aromatic heterocycles. The molecule has 0 radical (unpaired) electrons. The van der Waals surface area contributed by atoms with Gasteiger partial charge in [0.1, 0.15) is 11.5 Å². The Morgan fingerprint density at radius 3 is 2.75 bits per heavy atom. The van der Waals surface area contributed by atoms with Crippen LogP contribution >= 0.6 is 11.3 Å². The molecule has 0 spiro atoms. The lowest BCUT2D eigenvalue weighted by atomic mass is 10.1.